The first-order valence-electron chi connectivity index (χ1n) is 7.37. The third-order valence-corrected chi connectivity index (χ3v) is 4.56. The summed E-state index contributed by atoms with van der Waals surface area (Å²) in [6, 6.07) is 0.0448. The number of amides is 2. The van der Waals surface area contributed by atoms with E-state index in [0.29, 0.717) is 39.0 Å². The number of hydrogen-bond donors (Lipinski definition) is 2. The van der Waals surface area contributed by atoms with Crippen LogP contribution in [0.2, 0.25) is 0 Å². The van der Waals surface area contributed by atoms with Gasteiger partial charge in [-0.2, -0.15) is 0 Å². The lowest BCUT2D eigenvalue weighted by atomic mass is 9.86. The summed E-state index contributed by atoms with van der Waals surface area (Å²) in [5.74, 6) is -0.132. The predicted molar refractivity (Wildman–Crippen MR) is 84.9 cm³/mol. The van der Waals surface area contributed by atoms with E-state index in [9.17, 15) is 9.59 Å². The molecule has 1 saturated heterocycles. The van der Waals surface area contributed by atoms with Crippen LogP contribution in [0.1, 0.15) is 40.0 Å². The molecule has 0 bridgehead atoms. The van der Waals surface area contributed by atoms with E-state index in [4.69, 9.17) is 22.7 Å². The van der Waals surface area contributed by atoms with Gasteiger partial charge in [0.1, 0.15) is 0 Å². The van der Waals surface area contributed by atoms with Crippen molar-refractivity contribution in [2.75, 3.05) is 19.7 Å². The number of piperidine rings is 1. The molecule has 3 N–H and O–H groups in total. The average Bonchev–Trinajstić information content (AvgIpc) is 2.47. The maximum absolute atomic E-state index is 12.3. The van der Waals surface area contributed by atoms with Crippen LogP contribution < -0.4 is 11.1 Å². The number of likely N-dealkylation sites (tertiary alicyclic amines) is 1. The highest BCUT2D eigenvalue weighted by Gasteiger charge is 2.36. The lowest BCUT2D eigenvalue weighted by molar-refractivity contribution is -0.128. The quantitative estimate of drug-likeness (QED) is 0.750. The molecule has 0 saturated carbocycles. The number of ether oxygens (including phenoxy) is 1. The van der Waals surface area contributed by atoms with Crippen LogP contribution in [0.4, 0.5) is 4.79 Å². The number of carbonyl (C=O) groups excluding carboxylic acids is 2. The number of nitrogens with zero attached hydrogens (tertiary/aromatic N) is 1. The van der Waals surface area contributed by atoms with Crippen molar-refractivity contribution in [2.24, 2.45) is 11.1 Å². The number of hydrogen-bond acceptors (Lipinski definition) is 4. The van der Waals surface area contributed by atoms with Crippen molar-refractivity contribution in [3.05, 3.63) is 0 Å². The first-order valence-corrected chi connectivity index (χ1v) is 7.78. The molecule has 0 radical (unpaired) electrons. The summed E-state index contributed by atoms with van der Waals surface area (Å²) < 4.78 is 4.97. The number of nitrogens with two attached hydrogens (primary N) is 1. The average molecular weight is 315 g/mol. The summed E-state index contributed by atoms with van der Waals surface area (Å²) in [6.07, 6.45) is 1.70. The minimum Gasteiger partial charge on any atom is -0.450 e. The zero-order chi connectivity index (χ0) is 16.0. The van der Waals surface area contributed by atoms with Crippen LogP contribution in [0, 0.1) is 5.41 Å². The van der Waals surface area contributed by atoms with Crippen molar-refractivity contribution in [1.82, 2.24) is 10.2 Å². The summed E-state index contributed by atoms with van der Waals surface area (Å²) in [6.45, 7) is 6.98. The normalized spacial score (nSPS) is 18.7. The molecule has 120 valence electrons. The maximum atomic E-state index is 12.3. The summed E-state index contributed by atoms with van der Waals surface area (Å²) in [5, 5.41) is 3.00. The molecule has 1 aliphatic rings. The molecule has 21 heavy (non-hydrogen) atoms. The highest BCUT2D eigenvalue weighted by Crippen LogP contribution is 2.23. The molecular formula is C14H25N3O3S. The van der Waals surface area contributed by atoms with Gasteiger partial charge < -0.3 is 20.7 Å². The Labute approximate surface area is 131 Å². The molecular weight excluding hydrogens is 290 g/mol. The molecule has 0 aromatic rings. The maximum Gasteiger partial charge on any atom is 0.409 e. The molecule has 6 nitrogen and oxygen atoms in total. The third kappa shape index (κ3) is 4.30. The zero-order valence-electron chi connectivity index (χ0n) is 13.0. The molecule has 7 heteroatoms. The van der Waals surface area contributed by atoms with Crippen LogP contribution in [0.15, 0.2) is 0 Å². The number of nitrogens with one attached hydrogen (secondary N) is 1. The standard InChI is InChI=1S/C14H25N3O3S/c1-4-14(3,11(15)21)12(18)16-10-6-8-17(9-7-10)13(19)20-5-2/h10H,4-9H2,1-3H3,(H2,15,21)(H,16,18). The Balaban J connectivity index is 2.51. The Morgan fingerprint density at radius 3 is 2.38 bits per heavy atom. The van der Waals surface area contributed by atoms with Crippen molar-refractivity contribution in [3.63, 3.8) is 0 Å². The Kier molecular flexibility index (Phi) is 6.39. The lowest BCUT2D eigenvalue weighted by Crippen LogP contribution is -2.52. The van der Waals surface area contributed by atoms with Crippen molar-refractivity contribution in [1.29, 1.82) is 0 Å². The number of rotatable bonds is 5. The fourth-order valence-corrected chi connectivity index (χ4v) is 2.45. The van der Waals surface area contributed by atoms with E-state index in [1.165, 1.54) is 0 Å². The fourth-order valence-electron chi connectivity index (χ4n) is 2.21. The zero-order valence-corrected chi connectivity index (χ0v) is 13.8. The van der Waals surface area contributed by atoms with Crippen LogP contribution in [-0.4, -0.2) is 47.6 Å². The van der Waals surface area contributed by atoms with Gasteiger partial charge in [0, 0.05) is 19.1 Å². The van der Waals surface area contributed by atoms with E-state index in [-0.39, 0.29) is 23.0 Å². The van der Waals surface area contributed by atoms with Crippen LogP contribution in [0.5, 0.6) is 0 Å². The monoisotopic (exact) mass is 315 g/mol. The van der Waals surface area contributed by atoms with Gasteiger partial charge >= 0.3 is 6.09 Å². The smallest absolute Gasteiger partial charge is 0.409 e. The second-order valence-corrected chi connectivity index (χ2v) is 5.92. The van der Waals surface area contributed by atoms with Gasteiger partial charge in [0.2, 0.25) is 5.91 Å². The van der Waals surface area contributed by atoms with Crippen LogP contribution in [0.3, 0.4) is 0 Å². The van der Waals surface area contributed by atoms with Gasteiger partial charge in [0.05, 0.1) is 17.0 Å². The van der Waals surface area contributed by atoms with Crippen LogP contribution >= 0.6 is 12.2 Å². The van der Waals surface area contributed by atoms with Crippen molar-refractivity contribution in [3.8, 4) is 0 Å². The molecule has 0 aromatic carbocycles. The minimum absolute atomic E-state index is 0.0448. The topological polar surface area (TPSA) is 84.7 Å². The van der Waals surface area contributed by atoms with Crippen LogP contribution in [-0.2, 0) is 9.53 Å². The molecule has 0 aliphatic carbocycles. The molecule has 1 aliphatic heterocycles. The Hall–Kier alpha value is -1.37. The third-order valence-electron chi connectivity index (χ3n) is 4.11. The van der Waals surface area contributed by atoms with E-state index in [1.54, 1.807) is 18.7 Å². The number of thiocarbonyl (C=S) groups is 1. The van der Waals surface area contributed by atoms with Gasteiger partial charge in [-0.3, -0.25) is 4.79 Å². The van der Waals surface area contributed by atoms with Gasteiger partial charge in [-0.15, -0.1) is 0 Å². The van der Waals surface area contributed by atoms with Crippen LogP contribution in [0.25, 0.3) is 0 Å². The summed E-state index contributed by atoms with van der Waals surface area (Å²) in [7, 11) is 0. The van der Waals surface area contributed by atoms with Gasteiger partial charge in [0.25, 0.3) is 0 Å². The molecule has 0 spiro atoms. The molecule has 1 rings (SSSR count). The molecule has 1 unspecified atom stereocenters. The largest absolute Gasteiger partial charge is 0.450 e. The minimum atomic E-state index is -0.812. The van der Waals surface area contributed by atoms with E-state index in [1.807, 2.05) is 6.92 Å². The van der Waals surface area contributed by atoms with Gasteiger partial charge in [-0.25, -0.2) is 4.79 Å². The van der Waals surface area contributed by atoms with E-state index < -0.39 is 5.41 Å². The summed E-state index contributed by atoms with van der Waals surface area (Å²) in [5.41, 5.74) is 4.87. The fraction of sp³-hybridized carbons (Fsp3) is 0.786. The molecule has 2 amide bonds. The van der Waals surface area contributed by atoms with Crippen molar-refractivity contribution >= 4 is 29.2 Å². The van der Waals surface area contributed by atoms with Gasteiger partial charge in [0.15, 0.2) is 0 Å². The van der Waals surface area contributed by atoms with Crippen molar-refractivity contribution < 1.29 is 14.3 Å². The van der Waals surface area contributed by atoms with Gasteiger partial charge in [-0.1, -0.05) is 19.1 Å². The molecule has 1 heterocycles. The first-order chi connectivity index (χ1) is 9.85. The second kappa shape index (κ2) is 7.59. The summed E-state index contributed by atoms with van der Waals surface area (Å²) in [4.78, 5) is 25.8. The Morgan fingerprint density at radius 1 is 1.38 bits per heavy atom. The Bertz CT molecular complexity index is 408. The van der Waals surface area contributed by atoms with E-state index in [2.05, 4.69) is 5.32 Å². The molecule has 1 atom stereocenters. The van der Waals surface area contributed by atoms with E-state index >= 15 is 0 Å². The highest BCUT2D eigenvalue weighted by molar-refractivity contribution is 7.80. The second-order valence-electron chi connectivity index (χ2n) is 5.48. The van der Waals surface area contributed by atoms with Crippen molar-refractivity contribution in [2.45, 2.75) is 46.1 Å². The molecule has 0 aromatic heterocycles. The highest BCUT2D eigenvalue weighted by atomic mass is 32.1. The lowest BCUT2D eigenvalue weighted by Gasteiger charge is -2.34. The predicted octanol–water partition coefficient (Wildman–Crippen LogP) is 1.43. The Morgan fingerprint density at radius 2 is 1.95 bits per heavy atom. The van der Waals surface area contributed by atoms with E-state index in [0.717, 1.165) is 0 Å². The first kappa shape index (κ1) is 17.7. The summed E-state index contributed by atoms with van der Waals surface area (Å²) >= 11 is 5.00. The van der Waals surface area contributed by atoms with Gasteiger partial charge in [-0.05, 0) is 33.1 Å². The SMILES string of the molecule is CCOC(=O)N1CCC(NC(=O)C(C)(CC)C(N)=S)CC1. The number of carbonyl (C=O) groups is 2. The molecule has 1 fully saturated rings.